The second-order valence-electron chi connectivity index (χ2n) is 8.39. The number of nitrogens with zero attached hydrogens (tertiary/aromatic N) is 2. The van der Waals surface area contributed by atoms with Gasteiger partial charge in [0.1, 0.15) is 12.4 Å². The molecule has 9 heteroatoms. The van der Waals surface area contributed by atoms with Crippen molar-refractivity contribution in [1.82, 2.24) is 9.88 Å². The van der Waals surface area contributed by atoms with E-state index in [0.29, 0.717) is 46.6 Å². The summed E-state index contributed by atoms with van der Waals surface area (Å²) in [5.74, 6) is -1.46. The molecular weight excluding hydrogens is 471 g/mol. The monoisotopic (exact) mass is 494 g/mol. The summed E-state index contributed by atoms with van der Waals surface area (Å²) in [5.41, 5.74) is 3.00. The third kappa shape index (κ3) is 5.49. The molecule has 0 spiro atoms. The van der Waals surface area contributed by atoms with Crippen LogP contribution in [0.2, 0.25) is 5.02 Å². The third-order valence-electron chi connectivity index (χ3n) is 5.88. The number of amides is 3. The van der Waals surface area contributed by atoms with Crippen LogP contribution in [0.4, 0.5) is 15.8 Å². The molecule has 180 valence electrons. The SMILES string of the molecule is CC(=O)Nc1cccc(NC(=O)CN(C(=O)c2cccnc2C)[C@@H]2CCc3c(F)cc(Cl)cc32)c1. The molecule has 1 heterocycles. The summed E-state index contributed by atoms with van der Waals surface area (Å²) in [6, 6.07) is 12.4. The van der Waals surface area contributed by atoms with Gasteiger partial charge in [-0.25, -0.2) is 4.39 Å². The fourth-order valence-corrected chi connectivity index (χ4v) is 4.58. The number of pyridine rings is 1. The lowest BCUT2D eigenvalue weighted by molar-refractivity contribution is -0.117. The van der Waals surface area contributed by atoms with Crippen molar-refractivity contribution in [3.63, 3.8) is 0 Å². The number of benzene rings is 2. The second kappa shape index (κ2) is 10.2. The van der Waals surface area contributed by atoms with Crippen LogP contribution in [-0.4, -0.2) is 34.2 Å². The van der Waals surface area contributed by atoms with E-state index in [1.165, 1.54) is 17.9 Å². The summed E-state index contributed by atoms with van der Waals surface area (Å²) in [5, 5.41) is 5.67. The molecule has 0 aliphatic heterocycles. The van der Waals surface area contributed by atoms with Crippen LogP contribution in [0.5, 0.6) is 0 Å². The quantitative estimate of drug-likeness (QED) is 0.509. The minimum atomic E-state index is -0.526. The first-order valence-corrected chi connectivity index (χ1v) is 11.5. The van der Waals surface area contributed by atoms with Gasteiger partial charge in [0.05, 0.1) is 11.6 Å². The van der Waals surface area contributed by atoms with E-state index < -0.39 is 17.8 Å². The zero-order valence-electron chi connectivity index (χ0n) is 19.3. The van der Waals surface area contributed by atoms with Gasteiger partial charge in [-0.05, 0) is 73.4 Å². The molecule has 1 aromatic heterocycles. The fourth-order valence-electron chi connectivity index (χ4n) is 4.37. The average Bonchev–Trinajstić information content (AvgIpc) is 3.21. The molecule has 4 rings (SSSR count). The number of rotatable bonds is 6. The maximum atomic E-state index is 14.5. The van der Waals surface area contributed by atoms with Crippen LogP contribution in [0.25, 0.3) is 0 Å². The van der Waals surface area contributed by atoms with E-state index in [9.17, 15) is 18.8 Å². The van der Waals surface area contributed by atoms with Crippen LogP contribution in [0, 0.1) is 12.7 Å². The number of hydrogen-bond donors (Lipinski definition) is 2. The zero-order valence-corrected chi connectivity index (χ0v) is 20.0. The van der Waals surface area contributed by atoms with Crippen LogP contribution < -0.4 is 10.6 Å². The smallest absolute Gasteiger partial charge is 0.256 e. The van der Waals surface area contributed by atoms with Crippen molar-refractivity contribution in [2.45, 2.75) is 32.7 Å². The normalized spacial score (nSPS) is 14.2. The third-order valence-corrected chi connectivity index (χ3v) is 6.09. The lowest BCUT2D eigenvalue weighted by Crippen LogP contribution is -2.40. The first kappa shape index (κ1) is 24.3. The van der Waals surface area contributed by atoms with Gasteiger partial charge >= 0.3 is 0 Å². The molecule has 2 aromatic carbocycles. The molecule has 1 aliphatic rings. The molecule has 0 unspecified atom stereocenters. The molecule has 0 fully saturated rings. The van der Waals surface area contributed by atoms with Gasteiger partial charge in [-0.3, -0.25) is 19.4 Å². The van der Waals surface area contributed by atoms with Gasteiger partial charge in [-0.2, -0.15) is 0 Å². The number of halogens is 2. The first-order valence-electron chi connectivity index (χ1n) is 11.1. The first-order chi connectivity index (χ1) is 16.7. The molecule has 1 atom stereocenters. The van der Waals surface area contributed by atoms with Crippen molar-refractivity contribution >= 4 is 40.7 Å². The standard InChI is InChI=1S/C26H24ClFN4O3/c1-15-20(7-4-10-29-15)26(35)32(24-9-8-21-22(24)11-17(27)12-23(21)28)14-25(34)31-19-6-3-5-18(13-19)30-16(2)33/h3-7,10-13,24H,8-9,14H2,1-2H3,(H,30,33)(H,31,34)/t24-/m1/s1. The molecule has 0 radical (unpaired) electrons. The minimum absolute atomic E-state index is 0.233. The van der Waals surface area contributed by atoms with E-state index in [2.05, 4.69) is 15.6 Å². The Labute approximate surface area is 207 Å². The van der Waals surface area contributed by atoms with Gasteiger partial charge < -0.3 is 15.5 Å². The van der Waals surface area contributed by atoms with Gasteiger partial charge in [0.15, 0.2) is 0 Å². The fraction of sp³-hybridized carbons (Fsp3) is 0.231. The van der Waals surface area contributed by atoms with Crippen LogP contribution in [0.15, 0.2) is 54.7 Å². The molecule has 2 N–H and O–H groups in total. The van der Waals surface area contributed by atoms with Crippen molar-refractivity contribution < 1.29 is 18.8 Å². The van der Waals surface area contributed by atoms with Crippen LogP contribution in [-0.2, 0) is 16.0 Å². The van der Waals surface area contributed by atoms with Gasteiger partial charge in [0.2, 0.25) is 11.8 Å². The summed E-state index contributed by atoms with van der Waals surface area (Å²) in [4.78, 5) is 43.7. The van der Waals surface area contributed by atoms with Crippen LogP contribution in [0.3, 0.4) is 0 Å². The van der Waals surface area contributed by atoms with Gasteiger partial charge in [0, 0.05) is 35.2 Å². The molecular formula is C26H24ClFN4O3. The van der Waals surface area contributed by atoms with E-state index in [1.807, 2.05) is 0 Å². The Balaban J connectivity index is 1.64. The van der Waals surface area contributed by atoms with Crippen molar-refractivity contribution in [1.29, 1.82) is 0 Å². The summed E-state index contributed by atoms with van der Waals surface area (Å²) in [6.45, 7) is 2.84. The summed E-state index contributed by atoms with van der Waals surface area (Å²) >= 11 is 6.12. The molecule has 1 aliphatic carbocycles. The highest BCUT2D eigenvalue weighted by molar-refractivity contribution is 6.30. The summed E-state index contributed by atoms with van der Waals surface area (Å²) in [6.07, 6.45) is 2.48. The Morgan fingerprint density at radius 2 is 1.86 bits per heavy atom. The number of hydrogen-bond acceptors (Lipinski definition) is 4. The maximum absolute atomic E-state index is 14.5. The number of carbonyl (C=O) groups excluding carboxylic acids is 3. The van der Waals surface area contributed by atoms with Crippen molar-refractivity contribution in [3.8, 4) is 0 Å². The highest BCUT2D eigenvalue weighted by Crippen LogP contribution is 2.39. The van der Waals surface area contributed by atoms with Crippen LogP contribution >= 0.6 is 11.6 Å². The van der Waals surface area contributed by atoms with Crippen molar-refractivity contribution in [3.05, 3.63) is 88.0 Å². The summed E-state index contributed by atoms with van der Waals surface area (Å²) < 4.78 is 14.5. The number of fused-ring (bicyclic) bond motifs is 1. The Hall–Kier alpha value is -3.78. The van der Waals surface area contributed by atoms with Crippen LogP contribution in [0.1, 0.15) is 46.6 Å². The van der Waals surface area contributed by atoms with E-state index >= 15 is 0 Å². The number of aryl methyl sites for hydroxylation is 1. The highest BCUT2D eigenvalue weighted by Gasteiger charge is 2.35. The Morgan fingerprint density at radius 3 is 2.57 bits per heavy atom. The van der Waals surface area contributed by atoms with Gasteiger partial charge in [-0.1, -0.05) is 17.7 Å². The molecule has 0 saturated heterocycles. The Bertz CT molecular complexity index is 1310. The number of anilines is 2. The largest absolute Gasteiger partial charge is 0.326 e. The zero-order chi connectivity index (χ0) is 25.1. The van der Waals surface area contributed by atoms with E-state index in [0.717, 1.165) is 0 Å². The number of aromatic nitrogens is 1. The number of nitrogens with one attached hydrogen (secondary N) is 2. The molecule has 0 bridgehead atoms. The Morgan fingerprint density at radius 1 is 1.11 bits per heavy atom. The molecule has 35 heavy (non-hydrogen) atoms. The Kier molecular flexibility index (Phi) is 7.12. The van der Waals surface area contributed by atoms with Gasteiger partial charge in [-0.15, -0.1) is 0 Å². The topological polar surface area (TPSA) is 91.4 Å². The minimum Gasteiger partial charge on any atom is -0.326 e. The maximum Gasteiger partial charge on any atom is 0.256 e. The van der Waals surface area contributed by atoms with Crippen molar-refractivity contribution in [2.75, 3.05) is 17.2 Å². The van der Waals surface area contributed by atoms with Crippen molar-refractivity contribution in [2.24, 2.45) is 0 Å². The van der Waals surface area contributed by atoms with E-state index in [1.54, 1.807) is 55.6 Å². The predicted molar refractivity (Wildman–Crippen MR) is 132 cm³/mol. The molecule has 3 aromatic rings. The predicted octanol–water partition coefficient (Wildman–Crippen LogP) is 4.91. The van der Waals surface area contributed by atoms with E-state index in [-0.39, 0.29) is 23.4 Å². The highest BCUT2D eigenvalue weighted by atomic mass is 35.5. The lowest BCUT2D eigenvalue weighted by atomic mass is 10.0. The summed E-state index contributed by atoms with van der Waals surface area (Å²) in [7, 11) is 0. The number of carbonyl (C=O) groups is 3. The molecule has 3 amide bonds. The molecule has 0 saturated carbocycles. The second-order valence-corrected chi connectivity index (χ2v) is 8.83. The molecule has 7 nitrogen and oxygen atoms in total. The van der Waals surface area contributed by atoms with E-state index in [4.69, 9.17) is 11.6 Å². The average molecular weight is 495 g/mol. The lowest BCUT2D eigenvalue weighted by Gasteiger charge is -2.30. The van der Waals surface area contributed by atoms with Gasteiger partial charge in [0.25, 0.3) is 5.91 Å².